The second kappa shape index (κ2) is 8.83. The Kier molecular flexibility index (Phi) is 6.30. The summed E-state index contributed by atoms with van der Waals surface area (Å²) in [5.74, 6) is -1.17. The molecular formula is C23H24F3N5O3S. The van der Waals surface area contributed by atoms with Gasteiger partial charge < -0.3 is 15.5 Å². The number of pyridine rings is 1. The van der Waals surface area contributed by atoms with Crippen LogP contribution in [0.5, 0.6) is 0 Å². The van der Waals surface area contributed by atoms with Gasteiger partial charge in [-0.25, -0.2) is 19.9 Å². The molecule has 186 valence electrons. The van der Waals surface area contributed by atoms with Crippen LogP contribution in [0, 0.1) is 18.3 Å². The van der Waals surface area contributed by atoms with E-state index >= 15 is 0 Å². The van der Waals surface area contributed by atoms with Crippen molar-refractivity contribution in [3.8, 4) is 10.6 Å². The SMILES string of the molecule is Cc1cc(Nc2cc(C(F)(F)F)ncn2)nc(-c2cnc([C@@]3(O)CC[C@@H](C(=O)O)C(C)(C)C3)s2)c1. The largest absolute Gasteiger partial charge is 0.481 e. The number of anilines is 2. The smallest absolute Gasteiger partial charge is 0.433 e. The number of alkyl halides is 3. The van der Waals surface area contributed by atoms with Gasteiger partial charge >= 0.3 is 12.1 Å². The number of aliphatic hydroxyl groups is 1. The van der Waals surface area contributed by atoms with E-state index in [1.54, 1.807) is 18.3 Å². The summed E-state index contributed by atoms with van der Waals surface area (Å²) in [5.41, 5.74) is -1.60. The highest BCUT2D eigenvalue weighted by Gasteiger charge is 2.49. The number of aliphatic carboxylic acids is 1. The first-order chi connectivity index (χ1) is 16.3. The Labute approximate surface area is 203 Å². The lowest BCUT2D eigenvalue weighted by Gasteiger charge is -2.44. The fourth-order valence-electron chi connectivity index (χ4n) is 4.56. The monoisotopic (exact) mass is 507 g/mol. The van der Waals surface area contributed by atoms with Crippen molar-refractivity contribution in [2.75, 3.05) is 5.32 Å². The standard InChI is InChI=1S/C23H24F3N5O3S/c1-12-6-14(30-18(7-12)31-17-8-16(23(24,25)26)28-11-29-17)15-9-27-20(35-15)22(34)5-4-13(19(32)33)21(2,3)10-22/h6-9,11,13,34H,4-5,10H2,1-3H3,(H,32,33)(H,28,29,30,31)/t13-,22+/m0/s1. The van der Waals surface area contributed by atoms with Gasteiger partial charge in [-0.15, -0.1) is 11.3 Å². The summed E-state index contributed by atoms with van der Waals surface area (Å²) in [5, 5.41) is 24.1. The first-order valence-corrected chi connectivity index (χ1v) is 11.7. The Bertz CT molecular complexity index is 1260. The highest BCUT2D eigenvalue weighted by molar-refractivity contribution is 7.15. The molecule has 1 fully saturated rings. The van der Waals surface area contributed by atoms with E-state index < -0.39 is 34.8 Å². The molecule has 0 unspecified atom stereocenters. The molecule has 0 aromatic carbocycles. The number of nitrogens with zero attached hydrogens (tertiary/aromatic N) is 4. The van der Waals surface area contributed by atoms with Gasteiger partial charge in [0, 0.05) is 12.3 Å². The Balaban J connectivity index is 1.59. The van der Waals surface area contributed by atoms with Crippen molar-refractivity contribution in [1.29, 1.82) is 0 Å². The molecule has 2 atom stereocenters. The van der Waals surface area contributed by atoms with Crippen molar-refractivity contribution in [2.24, 2.45) is 11.3 Å². The van der Waals surface area contributed by atoms with Crippen LogP contribution < -0.4 is 5.32 Å². The van der Waals surface area contributed by atoms with Gasteiger partial charge in [0.2, 0.25) is 0 Å². The van der Waals surface area contributed by atoms with E-state index in [0.29, 0.717) is 27.8 Å². The summed E-state index contributed by atoms with van der Waals surface area (Å²) in [7, 11) is 0. The lowest BCUT2D eigenvalue weighted by molar-refractivity contribution is -0.154. The van der Waals surface area contributed by atoms with Crippen molar-refractivity contribution in [3.05, 3.63) is 47.0 Å². The molecule has 12 heteroatoms. The molecule has 0 radical (unpaired) electrons. The highest BCUT2D eigenvalue weighted by Crippen LogP contribution is 2.50. The van der Waals surface area contributed by atoms with Gasteiger partial charge in [-0.1, -0.05) is 13.8 Å². The number of rotatable bonds is 5. The molecule has 3 aromatic heterocycles. The van der Waals surface area contributed by atoms with Crippen LogP contribution in [-0.2, 0) is 16.6 Å². The molecule has 35 heavy (non-hydrogen) atoms. The van der Waals surface area contributed by atoms with Gasteiger partial charge in [0.15, 0.2) is 0 Å². The van der Waals surface area contributed by atoms with Crippen LogP contribution in [0.15, 0.2) is 30.7 Å². The number of nitrogens with one attached hydrogen (secondary N) is 1. The van der Waals surface area contributed by atoms with E-state index in [-0.39, 0.29) is 18.7 Å². The molecule has 1 aliphatic carbocycles. The number of halogens is 3. The molecule has 0 spiro atoms. The zero-order valence-electron chi connectivity index (χ0n) is 19.2. The van der Waals surface area contributed by atoms with Crippen LogP contribution in [0.3, 0.4) is 0 Å². The summed E-state index contributed by atoms with van der Waals surface area (Å²) in [4.78, 5) is 28.3. The predicted molar refractivity (Wildman–Crippen MR) is 123 cm³/mol. The first kappa shape index (κ1) is 25.0. The van der Waals surface area contributed by atoms with Crippen LogP contribution >= 0.6 is 11.3 Å². The number of carboxylic acids is 1. The Morgan fingerprint density at radius 3 is 2.57 bits per heavy atom. The maximum atomic E-state index is 13.0. The van der Waals surface area contributed by atoms with Gasteiger partial charge in [0.25, 0.3) is 0 Å². The van der Waals surface area contributed by atoms with Crippen LogP contribution in [0.4, 0.5) is 24.8 Å². The number of hydrogen-bond acceptors (Lipinski definition) is 8. The molecule has 0 aliphatic heterocycles. The summed E-state index contributed by atoms with van der Waals surface area (Å²) < 4.78 is 38.9. The van der Waals surface area contributed by atoms with Gasteiger partial charge in [-0.2, -0.15) is 13.2 Å². The average molecular weight is 508 g/mol. The molecule has 8 nitrogen and oxygen atoms in total. The number of aryl methyl sites for hydroxylation is 1. The summed E-state index contributed by atoms with van der Waals surface area (Å²) in [6.07, 6.45) is -1.30. The van der Waals surface area contributed by atoms with Crippen LogP contribution in [-0.4, -0.2) is 36.1 Å². The average Bonchev–Trinajstić information content (AvgIpc) is 3.23. The molecule has 3 N–H and O–H groups in total. The van der Waals surface area contributed by atoms with E-state index in [1.165, 1.54) is 11.3 Å². The minimum atomic E-state index is -4.60. The molecule has 3 aromatic rings. The lowest BCUT2D eigenvalue weighted by Crippen LogP contribution is -2.44. The fraction of sp³-hybridized carbons (Fsp3) is 0.435. The van der Waals surface area contributed by atoms with Crippen LogP contribution in [0.2, 0.25) is 0 Å². The third-order valence-corrected chi connectivity index (χ3v) is 7.39. The molecule has 0 amide bonds. The van der Waals surface area contributed by atoms with Gasteiger partial charge in [0.05, 0.1) is 16.5 Å². The fourth-order valence-corrected chi connectivity index (χ4v) is 5.55. The number of thiazole rings is 1. The van der Waals surface area contributed by atoms with Gasteiger partial charge in [-0.3, -0.25) is 4.79 Å². The van der Waals surface area contributed by atoms with E-state index in [4.69, 9.17) is 0 Å². The number of aromatic nitrogens is 4. The van der Waals surface area contributed by atoms with Gasteiger partial charge in [0.1, 0.15) is 34.3 Å². The second-order valence-corrected chi connectivity index (χ2v) is 10.5. The number of carboxylic acid groups (broad SMARTS) is 1. The zero-order valence-corrected chi connectivity index (χ0v) is 20.0. The molecule has 1 saturated carbocycles. The topological polar surface area (TPSA) is 121 Å². The van der Waals surface area contributed by atoms with Crippen molar-refractivity contribution in [2.45, 2.75) is 51.8 Å². The lowest BCUT2D eigenvalue weighted by atomic mass is 9.63. The predicted octanol–water partition coefficient (Wildman–Crippen LogP) is 5.16. The summed E-state index contributed by atoms with van der Waals surface area (Å²) in [6.45, 7) is 5.49. The number of carbonyl (C=O) groups is 1. The van der Waals surface area contributed by atoms with E-state index in [1.807, 2.05) is 20.8 Å². The number of hydrogen-bond donors (Lipinski definition) is 3. The summed E-state index contributed by atoms with van der Waals surface area (Å²) >= 11 is 1.26. The van der Waals surface area contributed by atoms with E-state index in [9.17, 15) is 28.2 Å². The third-order valence-electron chi connectivity index (χ3n) is 6.18. The second-order valence-electron chi connectivity index (χ2n) is 9.48. The maximum Gasteiger partial charge on any atom is 0.433 e. The third kappa shape index (κ3) is 5.27. The van der Waals surface area contributed by atoms with E-state index in [0.717, 1.165) is 18.0 Å². The Morgan fingerprint density at radius 2 is 1.91 bits per heavy atom. The van der Waals surface area contributed by atoms with E-state index in [2.05, 4.69) is 25.3 Å². The first-order valence-electron chi connectivity index (χ1n) is 10.8. The molecule has 1 aliphatic rings. The van der Waals surface area contributed by atoms with Crippen molar-refractivity contribution >= 4 is 28.9 Å². The Morgan fingerprint density at radius 1 is 1.17 bits per heavy atom. The highest BCUT2D eigenvalue weighted by atomic mass is 32.1. The minimum absolute atomic E-state index is 0.0481. The normalized spacial score (nSPS) is 22.1. The zero-order chi connectivity index (χ0) is 25.6. The minimum Gasteiger partial charge on any atom is -0.481 e. The van der Waals surface area contributed by atoms with Gasteiger partial charge in [-0.05, 0) is 49.3 Å². The van der Waals surface area contributed by atoms with Crippen molar-refractivity contribution in [3.63, 3.8) is 0 Å². The maximum absolute atomic E-state index is 13.0. The van der Waals surface area contributed by atoms with Crippen molar-refractivity contribution in [1.82, 2.24) is 19.9 Å². The Hall–Kier alpha value is -3.12. The molecule has 0 saturated heterocycles. The molecule has 3 heterocycles. The molecule has 4 rings (SSSR count). The van der Waals surface area contributed by atoms with Crippen LogP contribution in [0.25, 0.3) is 10.6 Å². The molecular weight excluding hydrogens is 483 g/mol. The quantitative estimate of drug-likeness (QED) is 0.433. The summed E-state index contributed by atoms with van der Waals surface area (Å²) in [6, 6.07) is 4.28. The molecule has 0 bridgehead atoms. The van der Waals surface area contributed by atoms with Crippen LogP contribution in [0.1, 0.15) is 49.4 Å². The van der Waals surface area contributed by atoms with Crippen molar-refractivity contribution < 1.29 is 28.2 Å².